The van der Waals surface area contributed by atoms with Gasteiger partial charge in [0.25, 0.3) is 0 Å². The lowest BCUT2D eigenvalue weighted by atomic mass is 10.1. The lowest BCUT2D eigenvalue weighted by Gasteiger charge is -2.06. The van der Waals surface area contributed by atoms with E-state index >= 15 is 0 Å². The number of aliphatic hydroxyl groups is 4. The fourth-order valence-corrected chi connectivity index (χ4v) is 5.05. The number of hydrogen-bond donors (Lipinski definition) is 6. The highest BCUT2D eigenvalue weighted by Crippen LogP contribution is 2.35. The van der Waals surface area contributed by atoms with Gasteiger partial charge in [-0.15, -0.1) is 0 Å². The van der Waals surface area contributed by atoms with Gasteiger partial charge < -0.3 is 35.1 Å². The molecule has 5 rings (SSSR count). The molecule has 208 valence electrons. The number of ether oxygens (including phenoxy) is 1. The Morgan fingerprint density at radius 3 is 2.20 bits per heavy atom. The molecule has 0 saturated carbocycles. The van der Waals surface area contributed by atoms with Crippen molar-refractivity contribution < 1.29 is 30.0 Å². The van der Waals surface area contributed by atoms with Gasteiger partial charge in [-0.1, -0.05) is 0 Å². The maximum atomic E-state index is 12.2. The highest BCUT2D eigenvalue weighted by atomic mass is 16.5. The second-order valence-electron chi connectivity index (χ2n) is 9.64. The molecule has 10 nitrogen and oxygen atoms in total. The second kappa shape index (κ2) is 12.0. The smallest absolute Gasteiger partial charge is 0.308 e. The first-order valence-electron chi connectivity index (χ1n) is 13.2. The van der Waals surface area contributed by atoms with E-state index in [1.54, 1.807) is 6.07 Å². The van der Waals surface area contributed by atoms with Gasteiger partial charge in [-0.2, -0.15) is 0 Å². The monoisotopic (exact) mass is 544 g/mol. The standard InChI is InChI=1S/C30H32N4O6/c1-17(39)40-28-16-24-19(5-9-36)14-26(33-24)25-13-18(4-8-35)23(32-25)3-2-22-12-20(6-10-37)29(31-22)27-15-21(7-11-38)30(28)34-27/h2-3,12-16,31,33,35-38H,4-11H2,1H3. The van der Waals surface area contributed by atoms with Crippen LogP contribution in [-0.4, -0.2) is 72.8 Å². The molecule has 3 aromatic heterocycles. The van der Waals surface area contributed by atoms with Crippen LogP contribution in [-0.2, 0) is 17.6 Å². The van der Waals surface area contributed by atoms with E-state index in [0.717, 1.165) is 22.2 Å². The van der Waals surface area contributed by atoms with Crippen LogP contribution in [0.2, 0.25) is 0 Å². The Hall–Kier alpha value is -4.09. The van der Waals surface area contributed by atoms with Crippen molar-refractivity contribution in [2.24, 2.45) is 0 Å². The van der Waals surface area contributed by atoms with Gasteiger partial charge in [0.2, 0.25) is 0 Å². The Kier molecular flexibility index (Phi) is 8.22. The third-order valence-electron chi connectivity index (χ3n) is 6.82. The summed E-state index contributed by atoms with van der Waals surface area (Å²) in [5.41, 5.74) is 8.44. The number of nitrogens with one attached hydrogen (secondary N) is 2. The lowest BCUT2D eigenvalue weighted by molar-refractivity contribution is -0.131. The summed E-state index contributed by atoms with van der Waals surface area (Å²) in [6.45, 7) is 1.01. The molecule has 0 saturated heterocycles. The minimum atomic E-state index is -0.528. The van der Waals surface area contributed by atoms with E-state index in [1.807, 2.05) is 36.4 Å². The highest BCUT2D eigenvalue weighted by molar-refractivity contribution is 5.92. The number of aromatic nitrogens is 4. The number of rotatable bonds is 9. The number of aromatic amines is 2. The number of fused-ring (bicyclic) bond motifs is 10. The topological polar surface area (TPSA) is 165 Å². The number of carbonyl (C=O) groups is 1. The Morgan fingerprint density at radius 1 is 0.775 bits per heavy atom. The zero-order chi connectivity index (χ0) is 28.2. The van der Waals surface area contributed by atoms with Crippen LogP contribution in [0.1, 0.15) is 53.7 Å². The number of esters is 1. The van der Waals surface area contributed by atoms with Crippen molar-refractivity contribution in [3.8, 4) is 5.75 Å². The van der Waals surface area contributed by atoms with Crippen LogP contribution in [0.25, 0.3) is 45.4 Å². The summed E-state index contributed by atoms with van der Waals surface area (Å²) >= 11 is 0. The normalized spacial score (nSPS) is 12.8. The first-order valence-corrected chi connectivity index (χ1v) is 13.2. The van der Waals surface area contributed by atoms with Gasteiger partial charge in [0.05, 0.1) is 28.1 Å². The lowest BCUT2D eigenvalue weighted by Crippen LogP contribution is -2.04. The van der Waals surface area contributed by atoms with Crippen molar-refractivity contribution in [1.29, 1.82) is 0 Å². The van der Waals surface area contributed by atoms with Crippen molar-refractivity contribution in [2.45, 2.75) is 32.6 Å². The fourth-order valence-electron chi connectivity index (χ4n) is 5.05. The molecule has 6 N–H and O–H groups in total. The van der Waals surface area contributed by atoms with Crippen LogP contribution in [0.5, 0.6) is 5.75 Å². The number of aliphatic hydroxyl groups excluding tert-OH is 4. The summed E-state index contributed by atoms with van der Waals surface area (Å²) in [4.78, 5) is 28.6. The quantitative estimate of drug-likeness (QED) is 0.224. The number of H-pyrrole nitrogens is 2. The van der Waals surface area contributed by atoms with Gasteiger partial charge >= 0.3 is 5.97 Å². The highest BCUT2D eigenvalue weighted by Gasteiger charge is 2.20. The van der Waals surface area contributed by atoms with Crippen molar-refractivity contribution in [2.75, 3.05) is 26.4 Å². The molecule has 0 radical (unpaired) electrons. The molecule has 8 bridgehead atoms. The van der Waals surface area contributed by atoms with E-state index in [9.17, 15) is 25.2 Å². The van der Waals surface area contributed by atoms with E-state index in [1.165, 1.54) is 6.92 Å². The molecule has 40 heavy (non-hydrogen) atoms. The van der Waals surface area contributed by atoms with Crippen molar-refractivity contribution >= 4 is 51.3 Å². The fraction of sp³-hybridized carbons (Fsp3) is 0.300. The maximum Gasteiger partial charge on any atom is 0.308 e. The van der Waals surface area contributed by atoms with Gasteiger partial charge in [-0.25, -0.2) is 9.97 Å². The van der Waals surface area contributed by atoms with E-state index < -0.39 is 5.97 Å². The molecule has 2 aliphatic heterocycles. The first-order chi connectivity index (χ1) is 19.4. The summed E-state index contributed by atoms with van der Waals surface area (Å²) < 4.78 is 5.66. The first kappa shape index (κ1) is 27.5. The molecule has 0 amide bonds. The van der Waals surface area contributed by atoms with Crippen LogP contribution in [0.15, 0.2) is 30.3 Å². The summed E-state index contributed by atoms with van der Waals surface area (Å²) in [7, 11) is 0. The van der Waals surface area contributed by atoms with E-state index in [2.05, 4.69) is 9.97 Å². The van der Waals surface area contributed by atoms with Crippen LogP contribution >= 0.6 is 0 Å². The predicted molar refractivity (Wildman–Crippen MR) is 153 cm³/mol. The van der Waals surface area contributed by atoms with Gasteiger partial charge in [0.15, 0.2) is 5.75 Å². The van der Waals surface area contributed by atoms with Gasteiger partial charge in [0, 0.05) is 50.5 Å². The number of nitrogens with zero attached hydrogens (tertiary/aromatic N) is 2. The molecule has 2 aliphatic rings. The summed E-state index contributed by atoms with van der Waals surface area (Å²) in [6, 6.07) is 9.30. The molecule has 10 heteroatoms. The van der Waals surface area contributed by atoms with E-state index in [4.69, 9.17) is 14.7 Å². The molecular weight excluding hydrogens is 512 g/mol. The SMILES string of the molecule is CC(=O)Oc1cc2[nH]c(cc2CCO)c2nc(ccc3cc(CCO)c([nH]3)c3nc1C(CCO)=C3)C(CCO)=C2. The summed E-state index contributed by atoms with van der Waals surface area (Å²) in [6.07, 6.45) is 5.24. The van der Waals surface area contributed by atoms with Gasteiger partial charge in [-0.3, -0.25) is 4.79 Å². The predicted octanol–water partition coefficient (Wildman–Crippen LogP) is 3.16. The van der Waals surface area contributed by atoms with E-state index in [-0.39, 0.29) is 38.6 Å². The Morgan fingerprint density at radius 2 is 1.48 bits per heavy atom. The van der Waals surface area contributed by atoms with Crippen LogP contribution in [0.3, 0.4) is 0 Å². The number of hydrogen-bond acceptors (Lipinski definition) is 8. The van der Waals surface area contributed by atoms with Crippen molar-refractivity contribution in [1.82, 2.24) is 19.9 Å². The molecule has 0 atom stereocenters. The largest absolute Gasteiger partial charge is 0.424 e. The minimum Gasteiger partial charge on any atom is -0.424 e. The minimum absolute atomic E-state index is 0.0273. The van der Waals surface area contributed by atoms with Crippen molar-refractivity contribution in [3.05, 3.63) is 64.2 Å². The Labute approximate surface area is 230 Å². The summed E-state index contributed by atoms with van der Waals surface area (Å²) in [5, 5.41) is 38.9. The Bertz CT molecular complexity index is 1660. The zero-order valence-corrected chi connectivity index (χ0v) is 22.2. The van der Waals surface area contributed by atoms with Gasteiger partial charge in [0.1, 0.15) is 5.69 Å². The molecule has 0 aromatic carbocycles. The summed E-state index contributed by atoms with van der Waals surface area (Å²) in [5.74, 6) is -0.325. The third kappa shape index (κ3) is 5.61. The van der Waals surface area contributed by atoms with Crippen LogP contribution in [0.4, 0.5) is 0 Å². The molecule has 3 aromatic rings. The molecular formula is C30H32N4O6. The maximum absolute atomic E-state index is 12.2. The average molecular weight is 545 g/mol. The Balaban J connectivity index is 1.93. The molecule has 0 spiro atoms. The van der Waals surface area contributed by atoms with Crippen LogP contribution < -0.4 is 4.74 Å². The van der Waals surface area contributed by atoms with Gasteiger partial charge in [-0.05, 0) is 84.4 Å². The third-order valence-corrected chi connectivity index (χ3v) is 6.82. The molecule has 0 unspecified atom stereocenters. The average Bonchev–Trinajstić information content (AvgIpc) is 3.69. The van der Waals surface area contributed by atoms with Crippen molar-refractivity contribution in [3.63, 3.8) is 0 Å². The molecule has 0 fully saturated rings. The van der Waals surface area contributed by atoms with E-state index in [0.29, 0.717) is 64.2 Å². The zero-order valence-electron chi connectivity index (χ0n) is 22.2. The molecule has 5 heterocycles. The second-order valence-corrected chi connectivity index (χ2v) is 9.64. The van der Waals surface area contributed by atoms with Crippen LogP contribution in [0, 0.1) is 0 Å². The molecule has 0 aliphatic carbocycles. The number of carbonyl (C=O) groups excluding carboxylic acids is 1.